The van der Waals surface area contributed by atoms with Crippen molar-refractivity contribution in [3.8, 4) is 0 Å². The molecule has 0 amide bonds. The minimum atomic E-state index is 0.615. The van der Waals surface area contributed by atoms with Crippen molar-refractivity contribution in [1.82, 2.24) is 0 Å². The standard InChI is InChI=1S/C8H12/c1-4-6-7-8(3)5-2/h7-8H,1,5H2,2-3H3. The minimum Gasteiger partial charge on any atom is -0.0785 e. The van der Waals surface area contributed by atoms with Crippen LogP contribution in [0.1, 0.15) is 20.3 Å². The summed E-state index contributed by atoms with van der Waals surface area (Å²) in [5.41, 5.74) is 5.39. The molecular formula is C8H12. The highest BCUT2D eigenvalue weighted by atomic mass is 13.9. The average molecular weight is 108 g/mol. The first-order chi connectivity index (χ1) is 3.81. The Morgan fingerprint density at radius 1 is 1.75 bits per heavy atom. The molecule has 0 saturated heterocycles. The third-order valence-electron chi connectivity index (χ3n) is 1.11. The van der Waals surface area contributed by atoms with E-state index in [1.165, 1.54) is 0 Å². The van der Waals surface area contributed by atoms with Crippen LogP contribution in [0.3, 0.4) is 0 Å². The molecule has 0 saturated carbocycles. The Kier molecular flexibility index (Phi) is 4.07. The molecule has 44 valence electrons. The third kappa shape index (κ3) is 3.49. The van der Waals surface area contributed by atoms with E-state index in [1.54, 1.807) is 0 Å². The number of rotatable bonds is 2. The Labute approximate surface area is 51.2 Å². The maximum atomic E-state index is 3.40. The Morgan fingerprint density at radius 2 is 2.38 bits per heavy atom. The summed E-state index contributed by atoms with van der Waals surface area (Å²) in [5, 5.41) is 0. The van der Waals surface area contributed by atoms with Crippen LogP contribution >= 0.6 is 0 Å². The molecule has 0 radical (unpaired) electrons. The van der Waals surface area contributed by atoms with Gasteiger partial charge in [0.1, 0.15) is 0 Å². The molecule has 1 unspecified atom stereocenters. The Bertz CT molecular complexity index is 121. The van der Waals surface area contributed by atoms with Gasteiger partial charge in [-0.1, -0.05) is 25.3 Å². The monoisotopic (exact) mass is 108 g/mol. The summed E-state index contributed by atoms with van der Waals surface area (Å²) in [4.78, 5) is 0. The van der Waals surface area contributed by atoms with Gasteiger partial charge in [0.15, 0.2) is 0 Å². The van der Waals surface area contributed by atoms with Crippen LogP contribution in [0, 0.1) is 5.92 Å². The van der Waals surface area contributed by atoms with Gasteiger partial charge in [-0.25, -0.2) is 0 Å². The molecule has 0 aromatic rings. The summed E-state index contributed by atoms with van der Waals surface area (Å²) >= 11 is 0. The summed E-state index contributed by atoms with van der Waals surface area (Å²) in [7, 11) is 0. The second-order valence-corrected chi connectivity index (χ2v) is 1.87. The zero-order valence-corrected chi connectivity index (χ0v) is 5.57. The highest BCUT2D eigenvalue weighted by molar-refractivity contribution is 4.84. The summed E-state index contributed by atoms with van der Waals surface area (Å²) in [6, 6.07) is 0. The first-order valence-electron chi connectivity index (χ1n) is 2.92. The van der Waals surface area contributed by atoms with Gasteiger partial charge < -0.3 is 0 Å². The summed E-state index contributed by atoms with van der Waals surface area (Å²) < 4.78 is 0. The van der Waals surface area contributed by atoms with E-state index in [0.29, 0.717) is 5.92 Å². The van der Waals surface area contributed by atoms with Crippen LogP contribution in [0.15, 0.2) is 24.1 Å². The second-order valence-electron chi connectivity index (χ2n) is 1.87. The first-order valence-corrected chi connectivity index (χ1v) is 2.92. The van der Waals surface area contributed by atoms with Crippen LogP contribution in [0.2, 0.25) is 0 Å². The summed E-state index contributed by atoms with van der Waals surface area (Å²) in [5.74, 6) is 0.615. The lowest BCUT2D eigenvalue weighted by Crippen LogP contribution is -1.81. The first kappa shape index (κ1) is 7.30. The fraction of sp³-hybridized carbons (Fsp3) is 0.500. The molecule has 0 N–H and O–H groups in total. The SMILES string of the molecule is C=C=C=CC(C)CC. The van der Waals surface area contributed by atoms with Gasteiger partial charge in [0, 0.05) is 0 Å². The van der Waals surface area contributed by atoms with Crippen LogP contribution < -0.4 is 0 Å². The molecule has 0 aromatic heterocycles. The lowest BCUT2D eigenvalue weighted by atomic mass is 10.1. The smallest absolute Gasteiger partial charge is 0.0182 e. The van der Waals surface area contributed by atoms with E-state index in [4.69, 9.17) is 0 Å². The quantitative estimate of drug-likeness (QED) is 0.477. The largest absolute Gasteiger partial charge is 0.0785 e. The number of hydrogen-bond donors (Lipinski definition) is 0. The van der Waals surface area contributed by atoms with E-state index in [9.17, 15) is 0 Å². The maximum Gasteiger partial charge on any atom is -0.0182 e. The Balaban J connectivity index is 3.69. The highest BCUT2D eigenvalue weighted by Gasteiger charge is 1.86. The lowest BCUT2D eigenvalue weighted by molar-refractivity contribution is 0.699. The van der Waals surface area contributed by atoms with Crippen molar-refractivity contribution in [1.29, 1.82) is 0 Å². The predicted octanol–water partition coefficient (Wildman–Crippen LogP) is 2.53. The molecule has 8 heavy (non-hydrogen) atoms. The third-order valence-corrected chi connectivity index (χ3v) is 1.11. The van der Waals surface area contributed by atoms with Crippen molar-refractivity contribution in [2.24, 2.45) is 5.92 Å². The van der Waals surface area contributed by atoms with E-state index < -0.39 is 0 Å². The Hall–Kier alpha value is -0.700. The molecule has 1 atom stereocenters. The highest BCUT2D eigenvalue weighted by Crippen LogP contribution is 1.99. The molecule has 0 aliphatic carbocycles. The van der Waals surface area contributed by atoms with E-state index in [0.717, 1.165) is 6.42 Å². The molecule has 0 rings (SSSR count). The molecule has 0 fully saturated rings. The fourth-order valence-electron chi connectivity index (χ4n) is 0.319. The van der Waals surface area contributed by atoms with Crippen molar-refractivity contribution in [3.05, 3.63) is 24.1 Å². The molecule has 0 aromatic carbocycles. The van der Waals surface area contributed by atoms with E-state index >= 15 is 0 Å². The van der Waals surface area contributed by atoms with Gasteiger partial charge in [0.25, 0.3) is 0 Å². The van der Waals surface area contributed by atoms with Crippen molar-refractivity contribution in [2.45, 2.75) is 20.3 Å². The molecule has 0 aliphatic rings. The Morgan fingerprint density at radius 3 is 2.75 bits per heavy atom. The molecule has 0 aliphatic heterocycles. The van der Waals surface area contributed by atoms with Crippen molar-refractivity contribution >= 4 is 0 Å². The van der Waals surface area contributed by atoms with Gasteiger partial charge in [0.05, 0.1) is 0 Å². The maximum absolute atomic E-state index is 3.40. The molecule has 0 heterocycles. The second kappa shape index (κ2) is 4.46. The molecule has 0 heteroatoms. The normalized spacial score (nSPS) is 11.2. The molecule has 0 nitrogen and oxygen atoms in total. The van der Waals surface area contributed by atoms with Crippen molar-refractivity contribution in [3.63, 3.8) is 0 Å². The fourth-order valence-corrected chi connectivity index (χ4v) is 0.319. The average Bonchev–Trinajstić information content (AvgIpc) is 1.83. The van der Waals surface area contributed by atoms with Crippen LogP contribution in [0.25, 0.3) is 0 Å². The van der Waals surface area contributed by atoms with E-state index in [-0.39, 0.29) is 0 Å². The van der Waals surface area contributed by atoms with Gasteiger partial charge in [-0.05, 0) is 25.0 Å². The van der Waals surface area contributed by atoms with Gasteiger partial charge in [0.2, 0.25) is 0 Å². The minimum absolute atomic E-state index is 0.615. The van der Waals surface area contributed by atoms with Gasteiger partial charge in [-0.3, -0.25) is 0 Å². The van der Waals surface area contributed by atoms with Crippen LogP contribution in [-0.2, 0) is 0 Å². The zero-order chi connectivity index (χ0) is 6.41. The van der Waals surface area contributed by atoms with Crippen molar-refractivity contribution in [2.75, 3.05) is 0 Å². The van der Waals surface area contributed by atoms with Crippen LogP contribution in [0.5, 0.6) is 0 Å². The number of allylic oxidation sites excluding steroid dienone is 1. The molecular weight excluding hydrogens is 96.1 g/mol. The zero-order valence-electron chi connectivity index (χ0n) is 5.57. The number of hydrogen-bond acceptors (Lipinski definition) is 0. The van der Waals surface area contributed by atoms with Crippen LogP contribution in [0.4, 0.5) is 0 Å². The molecule has 0 bridgehead atoms. The molecule has 0 spiro atoms. The van der Waals surface area contributed by atoms with E-state index in [2.05, 4.69) is 31.9 Å². The topological polar surface area (TPSA) is 0 Å². The predicted molar refractivity (Wildman–Crippen MR) is 36.7 cm³/mol. The van der Waals surface area contributed by atoms with Gasteiger partial charge in [-0.15, -0.1) is 0 Å². The van der Waals surface area contributed by atoms with Gasteiger partial charge in [-0.2, -0.15) is 0 Å². The van der Waals surface area contributed by atoms with Crippen molar-refractivity contribution < 1.29 is 0 Å². The van der Waals surface area contributed by atoms with Gasteiger partial charge >= 0.3 is 0 Å². The van der Waals surface area contributed by atoms with Crippen LogP contribution in [-0.4, -0.2) is 0 Å². The summed E-state index contributed by atoms with van der Waals surface area (Å²) in [6.45, 7) is 7.69. The lowest BCUT2D eigenvalue weighted by Gasteiger charge is -1.93. The van der Waals surface area contributed by atoms with E-state index in [1.807, 2.05) is 6.08 Å². The summed E-state index contributed by atoms with van der Waals surface area (Å²) in [6.07, 6.45) is 3.14.